The van der Waals surface area contributed by atoms with Gasteiger partial charge >= 0.3 is 0 Å². The Bertz CT molecular complexity index is 1300. The first-order valence-corrected chi connectivity index (χ1v) is 15.7. The second-order valence-corrected chi connectivity index (χ2v) is 12.5. The molecule has 2 aromatic rings. The summed E-state index contributed by atoms with van der Waals surface area (Å²) < 4.78 is 12.0. The molecule has 1 heterocycles. The highest BCUT2D eigenvalue weighted by molar-refractivity contribution is 5.87. The molecular weight excluding hydrogens is 536 g/mol. The van der Waals surface area contributed by atoms with Crippen LogP contribution in [0.4, 0.5) is 0 Å². The Morgan fingerprint density at radius 1 is 1.07 bits per heavy atom. The van der Waals surface area contributed by atoms with Crippen LogP contribution in [-0.4, -0.2) is 88.6 Å². The van der Waals surface area contributed by atoms with E-state index in [-0.39, 0.29) is 0 Å². The summed E-state index contributed by atoms with van der Waals surface area (Å²) >= 11 is 0. The Morgan fingerprint density at radius 2 is 1.77 bits per heavy atom. The quantitative estimate of drug-likeness (QED) is 0.168. The number of carbonyl (C=O) groups is 1. The highest BCUT2D eigenvalue weighted by Gasteiger charge is 2.23. The molecule has 234 valence electrons. The van der Waals surface area contributed by atoms with Crippen LogP contribution >= 0.6 is 0 Å². The van der Waals surface area contributed by atoms with Gasteiger partial charge in [0.15, 0.2) is 0 Å². The predicted octanol–water partition coefficient (Wildman–Crippen LogP) is 5.49. The van der Waals surface area contributed by atoms with Crippen LogP contribution in [0, 0.1) is 0 Å². The molecule has 0 amide bonds. The molecule has 1 aliphatic heterocycles. The van der Waals surface area contributed by atoms with Crippen molar-refractivity contribution in [2.75, 3.05) is 61.5 Å². The fraction of sp³-hybridized carbons (Fsp3) is 0.528. The number of nitrogens with one attached hydrogen (secondary N) is 1. The summed E-state index contributed by atoms with van der Waals surface area (Å²) in [6, 6.07) is 12.4. The van der Waals surface area contributed by atoms with E-state index >= 15 is 0 Å². The van der Waals surface area contributed by atoms with Crippen LogP contribution in [-0.2, 0) is 24.2 Å². The average molecular weight is 589 g/mol. The van der Waals surface area contributed by atoms with E-state index < -0.39 is 0 Å². The van der Waals surface area contributed by atoms with Gasteiger partial charge in [0.25, 0.3) is 0 Å². The lowest BCUT2D eigenvalue weighted by Crippen LogP contribution is -2.34. The van der Waals surface area contributed by atoms with Gasteiger partial charge in [0, 0.05) is 70.7 Å². The van der Waals surface area contributed by atoms with Gasteiger partial charge in [-0.2, -0.15) is 0 Å². The minimum absolute atomic E-state index is 0.454. The summed E-state index contributed by atoms with van der Waals surface area (Å²) in [6.45, 7) is 10.8. The van der Waals surface area contributed by atoms with E-state index in [0.29, 0.717) is 17.7 Å². The maximum absolute atomic E-state index is 11.6. The Hall–Kier alpha value is -3.13. The van der Waals surface area contributed by atoms with Crippen molar-refractivity contribution in [2.45, 2.75) is 65.1 Å². The molecule has 0 bridgehead atoms. The molecule has 43 heavy (non-hydrogen) atoms. The molecule has 2 aromatic carbocycles. The molecule has 0 spiro atoms. The van der Waals surface area contributed by atoms with Crippen LogP contribution in [0.5, 0.6) is 11.5 Å². The van der Waals surface area contributed by atoms with E-state index in [1.54, 1.807) is 14.2 Å². The summed E-state index contributed by atoms with van der Waals surface area (Å²) in [5, 5.41) is 3.70. The zero-order chi connectivity index (χ0) is 31.1. The number of ether oxygens (including phenoxy) is 2. The lowest BCUT2D eigenvalue weighted by Gasteiger charge is -2.32. The third kappa shape index (κ3) is 8.49. The van der Waals surface area contributed by atoms with Crippen molar-refractivity contribution in [1.82, 2.24) is 20.0 Å². The Labute approximate surface area is 259 Å². The topological polar surface area (TPSA) is 57.3 Å². The Kier molecular flexibility index (Phi) is 11.5. The lowest BCUT2D eigenvalue weighted by atomic mass is 9.91. The number of nitrogens with zero attached hydrogens (tertiary/aromatic N) is 3. The molecule has 1 fully saturated rings. The summed E-state index contributed by atoms with van der Waals surface area (Å²) in [5.41, 5.74) is 8.95. The van der Waals surface area contributed by atoms with Gasteiger partial charge in [0.2, 0.25) is 0 Å². The summed E-state index contributed by atoms with van der Waals surface area (Å²) in [4.78, 5) is 18.6. The molecule has 1 unspecified atom stereocenters. The second kappa shape index (κ2) is 15.0. The van der Waals surface area contributed by atoms with Crippen molar-refractivity contribution in [3.63, 3.8) is 0 Å². The lowest BCUT2D eigenvalue weighted by molar-refractivity contribution is -0.104. The number of carbonyl (C=O) groups excluding carboxylic acids is 1. The third-order valence-electron chi connectivity index (χ3n) is 9.07. The van der Waals surface area contributed by atoms with Crippen LogP contribution in [0.15, 0.2) is 47.7 Å². The van der Waals surface area contributed by atoms with Crippen molar-refractivity contribution in [1.29, 1.82) is 0 Å². The SMILES string of the molecule is COc1cc(C(=CN(C)C)/C(C)=C(/C)C=O)cc(OC)c1CN(CCNC1CC1)CCc1ccc2c(c1)C(C)N(C)CC2. The smallest absolute Gasteiger partial charge is 0.146 e. The van der Waals surface area contributed by atoms with Gasteiger partial charge in [-0.1, -0.05) is 18.2 Å². The molecule has 1 aliphatic carbocycles. The number of hydrogen-bond donors (Lipinski definition) is 1. The van der Waals surface area contributed by atoms with Crippen molar-refractivity contribution < 1.29 is 14.3 Å². The maximum atomic E-state index is 11.6. The van der Waals surface area contributed by atoms with Gasteiger partial charge in [-0.3, -0.25) is 14.6 Å². The maximum Gasteiger partial charge on any atom is 0.146 e. The number of hydrogen-bond acceptors (Lipinski definition) is 7. The van der Waals surface area contributed by atoms with E-state index in [1.165, 1.54) is 29.5 Å². The van der Waals surface area contributed by atoms with Gasteiger partial charge in [-0.05, 0) is 99.0 Å². The molecule has 0 saturated heterocycles. The van der Waals surface area contributed by atoms with Crippen molar-refractivity contribution in [2.24, 2.45) is 0 Å². The second-order valence-electron chi connectivity index (χ2n) is 12.5. The molecule has 2 aliphatic rings. The molecule has 7 heteroatoms. The standard InChI is InChI=1S/C36H52N4O3/c1-25(24-41)26(2)33(22-38(4)5)30-20-35(42-7)34(36(21-30)43-8)23-40(18-15-37-31-11-12-31)17-13-28-9-10-29-14-16-39(6)27(3)32(29)19-28/h9-10,19-22,24,27,31,37H,11-18,23H2,1-8H3/b26-25-,33-22?. The van der Waals surface area contributed by atoms with E-state index in [9.17, 15) is 4.79 Å². The number of likely N-dealkylation sites (N-methyl/N-ethyl adjacent to an activating group) is 1. The van der Waals surface area contributed by atoms with Crippen molar-refractivity contribution in [3.05, 3.63) is 75.5 Å². The fourth-order valence-electron chi connectivity index (χ4n) is 5.88. The highest BCUT2D eigenvalue weighted by atomic mass is 16.5. The number of allylic oxidation sites excluding steroid dienone is 3. The Morgan fingerprint density at radius 3 is 2.37 bits per heavy atom. The normalized spacial score (nSPS) is 17.9. The van der Waals surface area contributed by atoms with Gasteiger partial charge in [-0.25, -0.2) is 0 Å². The zero-order valence-electron chi connectivity index (χ0n) is 27.6. The largest absolute Gasteiger partial charge is 0.496 e. The van der Waals surface area contributed by atoms with Gasteiger partial charge in [0.05, 0.1) is 19.8 Å². The molecular formula is C36H52N4O3. The van der Waals surface area contributed by atoms with E-state index in [0.717, 1.165) is 85.6 Å². The average Bonchev–Trinajstić information content (AvgIpc) is 3.84. The fourth-order valence-corrected chi connectivity index (χ4v) is 5.88. The number of fused-ring (bicyclic) bond motifs is 1. The first-order chi connectivity index (χ1) is 20.6. The van der Waals surface area contributed by atoms with Crippen LogP contribution in [0.1, 0.15) is 67.5 Å². The van der Waals surface area contributed by atoms with Crippen LogP contribution in [0.2, 0.25) is 0 Å². The molecule has 0 aromatic heterocycles. The first kappa shape index (κ1) is 32.8. The van der Waals surface area contributed by atoms with Gasteiger partial charge < -0.3 is 19.7 Å². The minimum atomic E-state index is 0.454. The van der Waals surface area contributed by atoms with Crippen LogP contribution in [0.3, 0.4) is 0 Å². The van der Waals surface area contributed by atoms with Gasteiger partial charge in [0.1, 0.15) is 17.8 Å². The monoisotopic (exact) mass is 588 g/mol. The van der Waals surface area contributed by atoms with Gasteiger partial charge in [-0.15, -0.1) is 0 Å². The molecule has 1 N–H and O–H groups in total. The van der Waals surface area contributed by atoms with Crippen molar-refractivity contribution >= 4 is 11.9 Å². The third-order valence-corrected chi connectivity index (χ3v) is 9.07. The van der Waals surface area contributed by atoms with E-state index in [4.69, 9.17) is 9.47 Å². The van der Waals surface area contributed by atoms with E-state index in [2.05, 4.69) is 59.4 Å². The van der Waals surface area contributed by atoms with E-state index in [1.807, 2.05) is 39.0 Å². The summed E-state index contributed by atoms with van der Waals surface area (Å²) in [5.74, 6) is 1.59. The van der Waals surface area contributed by atoms with Crippen LogP contribution < -0.4 is 14.8 Å². The molecule has 1 atom stereocenters. The highest BCUT2D eigenvalue weighted by Crippen LogP contribution is 2.37. The molecule has 7 nitrogen and oxygen atoms in total. The summed E-state index contributed by atoms with van der Waals surface area (Å²) in [6.07, 6.45) is 7.64. The number of rotatable bonds is 15. The predicted molar refractivity (Wildman–Crippen MR) is 177 cm³/mol. The van der Waals surface area contributed by atoms with Crippen molar-refractivity contribution in [3.8, 4) is 11.5 Å². The number of aldehydes is 1. The summed E-state index contributed by atoms with van der Waals surface area (Å²) in [7, 11) is 9.64. The Balaban J connectivity index is 1.61. The number of methoxy groups -OCH3 is 2. The number of benzene rings is 2. The van der Waals surface area contributed by atoms with Crippen LogP contribution in [0.25, 0.3) is 5.57 Å². The zero-order valence-corrected chi connectivity index (χ0v) is 27.6. The molecule has 1 saturated carbocycles. The molecule has 0 radical (unpaired) electrons. The molecule has 4 rings (SSSR count). The first-order valence-electron chi connectivity index (χ1n) is 15.7. The minimum Gasteiger partial charge on any atom is -0.496 e.